The number of sulfonamides is 1. The lowest BCUT2D eigenvalue weighted by molar-refractivity contribution is 0.102. The van der Waals surface area contributed by atoms with Gasteiger partial charge in [-0.05, 0) is 30.3 Å². The van der Waals surface area contributed by atoms with Gasteiger partial charge < -0.3 is 10.2 Å². The molecule has 0 saturated carbocycles. The maximum absolute atomic E-state index is 13.6. The molecule has 0 aliphatic carbocycles. The third-order valence-electron chi connectivity index (χ3n) is 5.51. The summed E-state index contributed by atoms with van der Waals surface area (Å²) in [6, 6.07) is 23.6. The van der Waals surface area contributed by atoms with E-state index in [0.29, 0.717) is 33.5 Å². The van der Waals surface area contributed by atoms with Crippen molar-refractivity contribution in [3.63, 3.8) is 0 Å². The van der Waals surface area contributed by atoms with Gasteiger partial charge in [-0.1, -0.05) is 48.5 Å². The SMILES string of the molecule is CN(C)c1ccc(S(=O)(=O)N(C)C)cc1NC(=O)c1cc(-c2ccccc2)nc2ccccc12. The number of anilines is 2. The van der Waals surface area contributed by atoms with Crippen molar-refractivity contribution in [1.29, 1.82) is 0 Å². The molecule has 0 radical (unpaired) electrons. The van der Waals surface area contributed by atoms with Crippen LogP contribution in [0.25, 0.3) is 22.2 Å². The number of aromatic nitrogens is 1. The molecule has 4 aromatic rings. The minimum atomic E-state index is -3.67. The van der Waals surface area contributed by atoms with Gasteiger partial charge in [0, 0.05) is 39.1 Å². The summed E-state index contributed by atoms with van der Waals surface area (Å²) < 4.78 is 26.5. The number of nitrogens with zero attached hydrogens (tertiary/aromatic N) is 3. The first kappa shape index (κ1) is 23.4. The van der Waals surface area contributed by atoms with Crippen LogP contribution in [-0.4, -0.2) is 51.8 Å². The molecule has 0 spiro atoms. The van der Waals surface area contributed by atoms with Gasteiger partial charge in [0.1, 0.15) is 0 Å². The number of hydrogen-bond donors (Lipinski definition) is 1. The quantitative estimate of drug-likeness (QED) is 0.446. The first-order valence-corrected chi connectivity index (χ1v) is 12.1. The van der Waals surface area contributed by atoms with Crippen LogP contribution in [0.3, 0.4) is 0 Å². The van der Waals surface area contributed by atoms with Crippen LogP contribution in [0, 0.1) is 0 Å². The Morgan fingerprint density at radius 1 is 0.853 bits per heavy atom. The fraction of sp³-hybridized carbons (Fsp3) is 0.154. The topological polar surface area (TPSA) is 82.6 Å². The Morgan fingerprint density at radius 2 is 1.53 bits per heavy atom. The zero-order valence-electron chi connectivity index (χ0n) is 19.5. The minimum absolute atomic E-state index is 0.1000. The van der Waals surface area contributed by atoms with Crippen molar-refractivity contribution in [2.24, 2.45) is 0 Å². The number of para-hydroxylation sites is 1. The zero-order chi connectivity index (χ0) is 24.5. The summed E-state index contributed by atoms with van der Waals surface area (Å²) in [5, 5.41) is 3.65. The number of nitrogens with one attached hydrogen (secondary N) is 1. The molecule has 1 amide bonds. The molecule has 0 aliphatic heterocycles. The number of fused-ring (bicyclic) bond motifs is 1. The van der Waals surface area contributed by atoms with E-state index in [4.69, 9.17) is 4.98 Å². The second-order valence-corrected chi connectivity index (χ2v) is 10.4. The fourth-order valence-corrected chi connectivity index (χ4v) is 4.61. The summed E-state index contributed by atoms with van der Waals surface area (Å²) in [4.78, 5) is 20.2. The Bertz CT molecular complexity index is 1470. The highest BCUT2D eigenvalue weighted by Crippen LogP contribution is 2.31. The Kier molecular flexibility index (Phi) is 6.37. The largest absolute Gasteiger partial charge is 0.376 e. The van der Waals surface area contributed by atoms with Crippen molar-refractivity contribution in [2.45, 2.75) is 4.90 Å². The van der Waals surface area contributed by atoms with Crippen molar-refractivity contribution < 1.29 is 13.2 Å². The Hall–Kier alpha value is -3.75. The van der Waals surface area contributed by atoms with Crippen LogP contribution >= 0.6 is 0 Å². The molecule has 1 heterocycles. The molecular formula is C26H26N4O3S. The standard InChI is InChI=1S/C26H26N4O3S/c1-29(2)25-15-14-19(34(32,33)30(3)4)16-24(25)28-26(31)21-17-23(18-10-6-5-7-11-18)27-22-13-9-8-12-20(21)22/h5-17H,1-4H3,(H,28,31). The molecule has 0 saturated heterocycles. The van der Waals surface area contributed by atoms with Gasteiger partial charge in [-0.2, -0.15) is 0 Å². The van der Waals surface area contributed by atoms with Gasteiger partial charge in [-0.15, -0.1) is 0 Å². The molecule has 34 heavy (non-hydrogen) atoms. The van der Waals surface area contributed by atoms with E-state index < -0.39 is 10.0 Å². The van der Waals surface area contributed by atoms with Crippen molar-refractivity contribution in [1.82, 2.24) is 9.29 Å². The summed E-state index contributed by atoms with van der Waals surface area (Å²) in [7, 11) is 2.95. The fourth-order valence-electron chi connectivity index (χ4n) is 3.69. The van der Waals surface area contributed by atoms with Crippen molar-refractivity contribution >= 4 is 38.2 Å². The van der Waals surface area contributed by atoms with Crippen molar-refractivity contribution in [2.75, 3.05) is 38.4 Å². The van der Waals surface area contributed by atoms with Gasteiger partial charge >= 0.3 is 0 Å². The number of hydrogen-bond acceptors (Lipinski definition) is 5. The predicted octanol–water partition coefficient (Wildman–Crippen LogP) is 4.47. The van der Waals surface area contributed by atoms with Crippen LogP contribution in [-0.2, 0) is 10.0 Å². The zero-order valence-corrected chi connectivity index (χ0v) is 20.3. The van der Waals surface area contributed by atoms with Crippen molar-refractivity contribution in [3.8, 4) is 11.3 Å². The minimum Gasteiger partial charge on any atom is -0.376 e. The molecule has 0 bridgehead atoms. The number of benzene rings is 3. The third kappa shape index (κ3) is 4.50. The Balaban J connectivity index is 1.82. The molecular weight excluding hydrogens is 448 g/mol. The number of amides is 1. The monoisotopic (exact) mass is 474 g/mol. The van der Waals surface area contributed by atoms with Gasteiger partial charge in [0.15, 0.2) is 0 Å². The number of rotatable bonds is 6. The van der Waals surface area contributed by atoms with E-state index in [1.54, 1.807) is 12.1 Å². The van der Waals surface area contributed by atoms with Crippen LogP contribution in [0.15, 0.2) is 83.8 Å². The average Bonchev–Trinajstić information content (AvgIpc) is 2.83. The highest BCUT2D eigenvalue weighted by molar-refractivity contribution is 7.89. The van der Waals surface area contributed by atoms with E-state index in [1.807, 2.05) is 73.6 Å². The lowest BCUT2D eigenvalue weighted by atomic mass is 10.0. The van der Waals surface area contributed by atoms with Crippen LogP contribution in [0.5, 0.6) is 0 Å². The van der Waals surface area contributed by atoms with Gasteiger partial charge in [0.25, 0.3) is 5.91 Å². The van der Waals surface area contributed by atoms with Crippen LogP contribution in [0.1, 0.15) is 10.4 Å². The Labute approximate surface area is 199 Å². The molecule has 174 valence electrons. The van der Waals surface area contributed by atoms with Crippen LogP contribution < -0.4 is 10.2 Å². The maximum atomic E-state index is 13.6. The molecule has 3 aromatic carbocycles. The van der Waals surface area contributed by atoms with Gasteiger partial charge in [-0.25, -0.2) is 17.7 Å². The van der Waals surface area contributed by atoms with Gasteiger partial charge in [0.2, 0.25) is 10.0 Å². The van der Waals surface area contributed by atoms with E-state index in [0.717, 1.165) is 9.87 Å². The maximum Gasteiger partial charge on any atom is 0.256 e. The lowest BCUT2D eigenvalue weighted by Gasteiger charge is -2.20. The van der Waals surface area contributed by atoms with Gasteiger partial charge in [-0.3, -0.25) is 4.79 Å². The molecule has 7 nitrogen and oxygen atoms in total. The smallest absolute Gasteiger partial charge is 0.256 e. The molecule has 1 aromatic heterocycles. The molecule has 0 unspecified atom stereocenters. The average molecular weight is 475 g/mol. The summed E-state index contributed by atoms with van der Waals surface area (Å²) >= 11 is 0. The number of pyridine rings is 1. The third-order valence-corrected chi connectivity index (χ3v) is 7.32. The Morgan fingerprint density at radius 3 is 2.21 bits per heavy atom. The lowest BCUT2D eigenvalue weighted by Crippen LogP contribution is -2.23. The van der Waals surface area contributed by atoms with Crippen LogP contribution in [0.2, 0.25) is 0 Å². The molecule has 4 rings (SSSR count). The molecule has 0 aliphatic rings. The normalized spacial score (nSPS) is 11.6. The van der Waals surface area contributed by atoms with E-state index in [-0.39, 0.29) is 10.8 Å². The first-order chi connectivity index (χ1) is 16.2. The van der Waals surface area contributed by atoms with Crippen molar-refractivity contribution in [3.05, 3.63) is 84.4 Å². The summed E-state index contributed by atoms with van der Waals surface area (Å²) in [5.74, 6) is -0.349. The van der Waals surface area contributed by atoms with E-state index in [1.165, 1.54) is 26.2 Å². The number of carbonyl (C=O) groups is 1. The summed E-state index contributed by atoms with van der Waals surface area (Å²) in [6.45, 7) is 0. The molecule has 0 atom stereocenters. The molecule has 0 fully saturated rings. The second-order valence-electron chi connectivity index (χ2n) is 8.25. The van der Waals surface area contributed by atoms with Crippen LogP contribution in [0.4, 0.5) is 11.4 Å². The summed E-state index contributed by atoms with van der Waals surface area (Å²) in [5.41, 5.74) is 3.82. The summed E-state index contributed by atoms with van der Waals surface area (Å²) in [6.07, 6.45) is 0. The van der Waals surface area contributed by atoms with E-state index in [2.05, 4.69) is 5.32 Å². The number of carbonyl (C=O) groups excluding carboxylic acids is 1. The first-order valence-electron chi connectivity index (χ1n) is 10.7. The van der Waals surface area contributed by atoms with E-state index >= 15 is 0 Å². The molecule has 8 heteroatoms. The highest BCUT2D eigenvalue weighted by Gasteiger charge is 2.21. The predicted molar refractivity (Wildman–Crippen MR) is 137 cm³/mol. The highest BCUT2D eigenvalue weighted by atomic mass is 32.2. The molecule has 1 N–H and O–H groups in total. The van der Waals surface area contributed by atoms with Gasteiger partial charge in [0.05, 0.1) is 33.0 Å². The second kappa shape index (κ2) is 9.24. The van der Waals surface area contributed by atoms with E-state index in [9.17, 15) is 13.2 Å².